The zero-order valence-electron chi connectivity index (χ0n) is 16.0. The van der Waals surface area contributed by atoms with E-state index >= 15 is 0 Å². The molecule has 4 rings (SSSR count). The quantitative estimate of drug-likeness (QED) is 0.444. The summed E-state index contributed by atoms with van der Waals surface area (Å²) in [5.41, 5.74) is -0.507. The molecule has 2 aromatic carbocycles. The van der Waals surface area contributed by atoms with Crippen LogP contribution in [0.1, 0.15) is 17.9 Å². The lowest BCUT2D eigenvalue weighted by Crippen LogP contribution is -2.45. The zero-order valence-corrected chi connectivity index (χ0v) is 16.0. The number of hydrogen-bond acceptors (Lipinski definition) is 7. The number of anilines is 2. The van der Waals surface area contributed by atoms with Crippen molar-refractivity contribution in [1.82, 2.24) is 10.1 Å². The minimum atomic E-state index is -4.74. The van der Waals surface area contributed by atoms with Crippen LogP contribution in [-0.4, -0.2) is 36.2 Å². The van der Waals surface area contributed by atoms with Gasteiger partial charge in [-0.05, 0) is 5.56 Å². The molecule has 0 aliphatic carbocycles. The fourth-order valence-corrected chi connectivity index (χ4v) is 3.51. The van der Waals surface area contributed by atoms with Crippen molar-refractivity contribution in [2.24, 2.45) is 0 Å². The summed E-state index contributed by atoms with van der Waals surface area (Å²) in [6.07, 6.45) is -5.13. The monoisotopic (exact) mass is 442 g/mol. The van der Waals surface area contributed by atoms with Crippen LogP contribution in [0.2, 0.25) is 0 Å². The van der Waals surface area contributed by atoms with Crippen LogP contribution in [0.5, 0.6) is 0 Å². The second-order valence-corrected chi connectivity index (χ2v) is 7.36. The lowest BCUT2D eigenvalue weighted by molar-refractivity contribution is -0.159. The summed E-state index contributed by atoms with van der Waals surface area (Å²) in [4.78, 5) is 30.1. The fraction of sp³-hybridized carbons (Fsp3) is 0.368. The van der Waals surface area contributed by atoms with Gasteiger partial charge in [-0.3, -0.25) is 9.59 Å². The number of alkyl halides is 5. The molecule has 0 N–H and O–H groups in total. The first-order chi connectivity index (χ1) is 14.5. The van der Waals surface area contributed by atoms with Crippen LogP contribution in [0.3, 0.4) is 0 Å². The van der Waals surface area contributed by atoms with Crippen molar-refractivity contribution < 1.29 is 26.5 Å². The molecule has 1 saturated heterocycles. The van der Waals surface area contributed by atoms with Gasteiger partial charge in [-0.1, -0.05) is 29.4 Å². The van der Waals surface area contributed by atoms with Gasteiger partial charge < -0.3 is 14.3 Å². The number of hydrogen-bond donors (Lipinski definition) is 0. The molecule has 0 atom stereocenters. The first-order valence-electron chi connectivity index (χ1n) is 9.14. The van der Waals surface area contributed by atoms with Gasteiger partial charge in [0.05, 0.1) is 6.54 Å². The third kappa shape index (κ3) is 3.89. The maximum absolute atomic E-state index is 13.5. The molecule has 1 aromatic heterocycles. The number of benzene rings is 1. The van der Waals surface area contributed by atoms with Crippen LogP contribution in [0, 0.1) is 0 Å². The minimum absolute atomic E-state index is 0.00669. The largest absolute Gasteiger partial charge is 0.471 e. The summed E-state index contributed by atoms with van der Waals surface area (Å²) in [5.74, 6) is -4.59. The second-order valence-electron chi connectivity index (χ2n) is 7.36. The summed E-state index contributed by atoms with van der Waals surface area (Å²) in [6.45, 7) is -0.460. The maximum atomic E-state index is 13.5. The van der Waals surface area contributed by atoms with Gasteiger partial charge in [0.15, 0.2) is 0 Å². The van der Waals surface area contributed by atoms with Gasteiger partial charge in [0, 0.05) is 32.1 Å². The number of aromatic nitrogens is 2. The molecule has 31 heavy (non-hydrogen) atoms. The van der Waals surface area contributed by atoms with E-state index in [4.69, 9.17) is 0 Å². The highest BCUT2D eigenvalue weighted by Gasteiger charge is 2.42. The molecule has 0 unspecified atom stereocenters. The molecule has 1 aliphatic heterocycles. The average Bonchev–Trinajstić information content (AvgIpc) is 3.32. The van der Waals surface area contributed by atoms with Crippen molar-refractivity contribution in [2.75, 3.05) is 29.9 Å². The van der Waals surface area contributed by atoms with E-state index in [-0.39, 0.29) is 36.7 Å². The predicted molar refractivity (Wildman–Crippen MR) is 100.0 cm³/mol. The molecule has 1 aliphatic rings. The van der Waals surface area contributed by atoms with Gasteiger partial charge in [0.2, 0.25) is 5.82 Å². The lowest BCUT2D eigenvalue weighted by Gasteiger charge is -2.28. The number of halogens is 5. The average molecular weight is 442 g/mol. The third-order valence-corrected chi connectivity index (χ3v) is 5.03. The van der Waals surface area contributed by atoms with Crippen LogP contribution < -0.4 is 20.7 Å². The molecule has 1 fully saturated rings. The smallest absolute Gasteiger partial charge is 0.365 e. The zero-order chi connectivity index (χ0) is 22.6. The Balaban J connectivity index is 1.50. The Kier molecular flexibility index (Phi) is 4.82. The van der Waals surface area contributed by atoms with E-state index < -0.39 is 35.4 Å². The number of rotatable bonds is 5. The van der Waals surface area contributed by atoms with Gasteiger partial charge >= 0.3 is 12.1 Å². The SMILES string of the molecule is CN(Cc1ccc(-c2noc(C(F)(F)F)n2)cc1)c1c(N2CCC(F)(F)C2)c(=O)c1=O. The van der Waals surface area contributed by atoms with Crippen LogP contribution in [0.25, 0.3) is 11.4 Å². The van der Waals surface area contributed by atoms with Crippen molar-refractivity contribution in [3.8, 4) is 11.4 Å². The first kappa shape index (κ1) is 20.9. The molecule has 0 spiro atoms. The second kappa shape index (κ2) is 7.13. The van der Waals surface area contributed by atoms with E-state index in [1.54, 1.807) is 19.2 Å². The van der Waals surface area contributed by atoms with Crippen LogP contribution in [0.15, 0.2) is 38.4 Å². The molecule has 12 heteroatoms. The van der Waals surface area contributed by atoms with E-state index in [9.17, 15) is 31.5 Å². The van der Waals surface area contributed by atoms with Gasteiger partial charge in [-0.25, -0.2) is 8.78 Å². The normalized spacial score (nSPS) is 16.3. The molecular weight excluding hydrogens is 427 g/mol. The van der Waals surface area contributed by atoms with E-state index in [1.807, 2.05) is 0 Å². The molecule has 7 nitrogen and oxygen atoms in total. The summed E-state index contributed by atoms with van der Waals surface area (Å²) < 4.78 is 69.0. The molecule has 0 bridgehead atoms. The summed E-state index contributed by atoms with van der Waals surface area (Å²) in [6, 6.07) is 6.14. The molecule has 2 heterocycles. The van der Waals surface area contributed by atoms with Crippen molar-refractivity contribution >= 4 is 11.4 Å². The van der Waals surface area contributed by atoms with Gasteiger partial charge in [0.1, 0.15) is 11.4 Å². The Morgan fingerprint density at radius 3 is 2.39 bits per heavy atom. The van der Waals surface area contributed by atoms with E-state index in [0.717, 1.165) is 0 Å². The van der Waals surface area contributed by atoms with Crippen molar-refractivity contribution in [1.29, 1.82) is 0 Å². The van der Waals surface area contributed by atoms with E-state index in [1.165, 1.54) is 21.9 Å². The Morgan fingerprint density at radius 1 is 1.16 bits per heavy atom. The highest BCUT2D eigenvalue weighted by molar-refractivity contribution is 5.76. The third-order valence-electron chi connectivity index (χ3n) is 5.03. The maximum Gasteiger partial charge on any atom is 0.471 e. The molecular formula is C19H15F5N4O3. The predicted octanol–water partition coefficient (Wildman–Crippen LogP) is 2.83. The van der Waals surface area contributed by atoms with Gasteiger partial charge in [-0.2, -0.15) is 18.2 Å². The molecule has 164 valence electrons. The van der Waals surface area contributed by atoms with Crippen molar-refractivity contribution in [2.45, 2.75) is 25.1 Å². The first-order valence-corrected chi connectivity index (χ1v) is 9.14. The standard InChI is InChI=1S/C19H15F5N4O3/c1-27(12-13(15(30)14(12)29)28-7-6-18(20,21)9-28)8-10-2-4-11(5-3-10)16-25-17(31-26-16)19(22,23)24/h2-5H,6-9H2,1H3. The minimum Gasteiger partial charge on any atom is -0.365 e. The Hall–Kier alpha value is -3.31. The van der Waals surface area contributed by atoms with E-state index in [0.29, 0.717) is 11.1 Å². The highest BCUT2D eigenvalue weighted by atomic mass is 19.4. The molecule has 0 radical (unpaired) electrons. The Labute approximate surface area is 171 Å². The van der Waals surface area contributed by atoms with Crippen molar-refractivity contribution in [3.05, 3.63) is 56.2 Å². The van der Waals surface area contributed by atoms with Crippen LogP contribution >= 0.6 is 0 Å². The van der Waals surface area contributed by atoms with Crippen molar-refractivity contribution in [3.63, 3.8) is 0 Å². The summed E-state index contributed by atoms with van der Waals surface area (Å²) >= 11 is 0. The van der Waals surface area contributed by atoms with E-state index in [2.05, 4.69) is 14.7 Å². The number of nitrogens with zero attached hydrogens (tertiary/aromatic N) is 4. The molecule has 3 aromatic rings. The lowest BCUT2D eigenvalue weighted by atomic mass is 10.1. The topological polar surface area (TPSA) is 79.5 Å². The van der Waals surface area contributed by atoms with Gasteiger partial charge in [-0.15, -0.1) is 0 Å². The molecule has 0 amide bonds. The highest BCUT2D eigenvalue weighted by Crippen LogP contribution is 2.34. The molecule has 0 saturated carbocycles. The summed E-state index contributed by atoms with van der Waals surface area (Å²) in [7, 11) is 1.55. The Morgan fingerprint density at radius 2 is 1.84 bits per heavy atom. The summed E-state index contributed by atoms with van der Waals surface area (Å²) in [5, 5.41) is 3.31. The van der Waals surface area contributed by atoms with Crippen LogP contribution in [0.4, 0.5) is 33.3 Å². The fourth-order valence-electron chi connectivity index (χ4n) is 3.51. The van der Waals surface area contributed by atoms with Crippen LogP contribution in [-0.2, 0) is 12.7 Å². The Bertz CT molecular complexity index is 1180. The van der Waals surface area contributed by atoms with Gasteiger partial charge in [0.25, 0.3) is 16.8 Å².